The van der Waals surface area contributed by atoms with Crippen LogP contribution in [0.5, 0.6) is 5.75 Å². The Kier molecular flexibility index (Phi) is 4.06. The third kappa shape index (κ3) is 2.72. The lowest BCUT2D eigenvalue weighted by Gasteiger charge is -2.11. The molecule has 0 saturated heterocycles. The Hall–Kier alpha value is -2.07. The fourth-order valence-electron chi connectivity index (χ4n) is 2.23. The zero-order valence-corrected chi connectivity index (χ0v) is 12.4. The number of halogens is 1. The molecule has 3 rings (SSSR count). The number of rotatable bonds is 5. The van der Waals surface area contributed by atoms with Crippen molar-refractivity contribution in [3.8, 4) is 17.1 Å². The Morgan fingerprint density at radius 3 is 2.81 bits per heavy atom. The molecule has 5 heteroatoms. The van der Waals surface area contributed by atoms with Crippen molar-refractivity contribution in [1.82, 2.24) is 10.1 Å². The van der Waals surface area contributed by atoms with Gasteiger partial charge in [0.1, 0.15) is 11.6 Å². The molecule has 0 amide bonds. The maximum absolute atomic E-state index is 5.84. The van der Waals surface area contributed by atoms with Crippen LogP contribution in [0.3, 0.4) is 0 Å². The van der Waals surface area contributed by atoms with E-state index in [1.807, 2.05) is 36.4 Å². The van der Waals surface area contributed by atoms with Gasteiger partial charge in [0.25, 0.3) is 0 Å². The molecule has 0 aliphatic carbocycles. The van der Waals surface area contributed by atoms with Gasteiger partial charge in [-0.05, 0) is 23.3 Å². The first kappa shape index (κ1) is 13.9. The van der Waals surface area contributed by atoms with Crippen molar-refractivity contribution in [2.24, 2.45) is 0 Å². The molecule has 21 heavy (non-hydrogen) atoms. The summed E-state index contributed by atoms with van der Waals surface area (Å²) < 4.78 is 11.0. The van der Waals surface area contributed by atoms with E-state index in [0.29, 0.717) is 18.3 Å². The van der Waals surface area contributed by atoms with E-state index < -0.39 is 0 Å². The smallest absolute Gasteiger partial charge is 0.241 e. The minimum Gasteiger partial charge on any atom is -0.493 e. The summed E-state index contributed by atoms with van der Waals surface area (Å²) >= 11 is 5.74. The van der Waals surface area contributed by atoms with Crippen molar-refractivity contribution in [1.29, 1.82) is 0 Å². The maximum atomic E-state index is 5.84. The van der Waals surface area contributed by atoms with Crippen LogP contribution in [0.15, 0.2) is 40.9 Å². The highest BCUT2D eigenvalue weighted by molar-refractivity contribution is 6.16. The molecule has 0 fully saturated rings. The molecular formula is C16H15ClN2O2. The molecule has 1 aromatic heterocycles. The summed E-state index contributed by atoms with van der Waals surface area (Å²) in [4.78, 5) is 4.33. The van der Waals surface area contributed by atoms with Crippen LogP contribution in [-0.2, 0) is 5.88 Å². The zero-order chi connectivity index (χ0) is 14.7. The first-order chi connectivity index (χ1) is 10.3. The van der Waals surface area contributed by atoms with Gasteiger partial charge in [0.2, 0.25) is 11.7 Å². The van der Waals surface area contributed by atoms with Crippen LogP contribution in [-0.4, -0.2) is 16.7 Å². The number of hydrogen-bond acceptors (Lipinski definition) is 4. The van der Waals surface area contributed by atoms with Gasteiger partial charge in [0.15, 0.2) is 0 Å². The average molecular weight is 303 g/mol. The van der Waals surface area contributed by atoms with Crippen LogP contribution in [0.1, 0.15) is 19.2 Å². The molecule has 2 aromatic carbocycles. The van der Waals surface area contributed by atoms with E-state index in [9.17, 15) is 0 Å². The van der Waals surface area contributed by atoms with Crippen LogP contribution in [0.2, 0.25) is 0 Å². The molecule has 3 aromatic rings. The normalized spacial score (nSPS) is 11.0. The molecule has 0 aliphatic heterocycles. The lowest BCUT2D eigenvalue weighted by atomic mass is 10.0. The molecule has 0 bridgehead atoms. The third-order valence-corrected chi connectivity index (χ3v) is 3.39. The number of alkyl halides is 1. The number of ether oxygens (including phenoxy) is 1. The molecule has 0 N–H and O–H groups in total. The van der Waals surface area contributed by atoms with Crippen molar-refractivity contribution in [2.75, 3.05) is 6.61 Å². The molecule has 0 atom stereocenters. The van der Waals surface area contributed by atoms with Crippen molar-refractivity contribution in [2.45, 2.75) is 19.2 Å². The van der Waals surface area contributed by atoms with Gasteiger partial charge in [0.05, 0.1) is 12.2 Å². The van der Waals surface area contributed by atoms with Gasteiger partial charge in [-0.1, -0.05) is 42.4 Å². The molecular weight excluding hydrogens is 288 g/mol. The van der Waals surface area contributed by atoms with E-state index in [4.69, 9.17) is 20.9 Å². The quantitative estimate of drug-likeness (QED) is 0.655. The van der Waals surface area contributed by atoms with E-state index >= 15 is 0 Å². The highest BCUT2D eigenvalue weighted by atomic mass is 35.5. The molecule has 0 aliphatic rings. The van der Waals surface area contributed by atoms with Crippen molar-refractivity contribution >= 4 is 22.4 Å². The van der Waals surface area contributed by atoms with Crippen LogP contribution in [0, 0.1) is 0 Å². The summed E-state index contributed by atoms with van der Waals surface area (Å²) in [5.41, 5.74) is 0.849. The largest absolute Gasteiger partial charge is 0.493 e. The summed E-state index contributed by atoms with van der Waals surface area (Å²) in [5, 5.41) is 6.17. The van der Waals surface area contributed by atoms with Gasteiger partial charge in [-0.2, -0.15) is 4.98 Å². The number of fused-ring (bicyclic) bond motifs is 1. The standard InChI is InChI=1S/C16H15ClN2O2/c1-2-9-20-13-8-7-11-5-3-4-6-12(11)15(13)16-18-14(10-17)21-19-16/h3-8H,2,9-10H2,1H3. The summed E-state index contributed by atoms with van der Waals surface area (Å²) in [6.45, 7) is 2.71. The molecule has 0 spiro atoms. The summed E-state index contributed by atoms with van der Waals surface area (Å²) in [5.74, 6) is 1.87. The summed E-state index contributed by atoms with van der Waals surface area (Å²) in [6.07, 6.45) is 0.936. The average Bonchev–Trinajstić information content (AvgIpc) is 3.01. The number of nitrogens with zero attached hydrogens (tertiary/aromatic N) is 2. The third-order valence-electron chi connectivity index (χ3n) is 3.16. The van der Waals surface area contributed by atoms with Crippen molar-refractivity contribution in [3.63, 3.8) is 0 Å². The van der Waals surface area contributed by atoms with E-state index in [-0.39, 0.29) is 5.88 Å². The van der Waals surface area contributed by atoms with Gasteiger partial charge >= 0.3 is 0 Å². The second kappa shape index (κ2) is 6.14. The minimum atomic E-state index is 0.197. The Morgan fingerprint density at radius 1 is 1.19 bits per heavy atom. The molecule has 1 heterocycles. The molecule has 0 saturated carbocycles. The predicted octanol–water partition coefficient (Wildman–Crippen LogP) is 4.42. The van der Waals surface area contributed by atoms with Gasteiger partial charge in [-0.25, -0.2) is 0 Å². The minimum absolute atomic E-state index is 0.197. The monoisotopic (exact) mass is 302 g/mol. The fraction of sp³-hybridized carbons (Fsp3) is 0.250. The van der Waals surface area contributed by atoms with Gasteiger partial charge < -0.3 is 9.26 Å². The highest BCUT2D eigenvalue weighted by Gasteiger charge is 2.16. The maximum Gasteiger partial charge on any atom is 0.241 e. The number of hydrogen-bond donors (Lipinski definition) is 0. The molecule has 0 unspecified atom stereocenters. The topological polar surface area (TPSA) is 48.2 Å². The second-order valence-electron chi connectivity index (χ2n) is 4.65. The van der Waals surface area contributed by atoms with E-state index in [0.717, 1.165) is 28.5 Å². The van der Waals surface area contributed by atoms with Crippen LogP contribution in [0.25, 0.3) is 22.2 Å². The van der Waals surface area contributed by atoms with Crippen molar-refractivity contribution in [3.05, 3.63) is 42.3 Å². The van der Waals surface area contributed by atoms with Crippen LogP contribution >= 0.6 is 11.6 Å². The Labute approximate surface area is 127 Å². The molecule has 108 valence electrons. The second-order valence-corrected chi connectivity index (χ2v) is 4.92. The van der Waals surface area contributed by atoms with E-state index in [1.54, 1.807) is 0 Å². The van der Waals surface area contributed by atoms with Crippen LogP contribution in [0.4, 0.5) is 0 Å². The Balaban J connectivity index is 2.19. The predicted molar refractivity (Wildman–Crippen MR) is 82.6 cm³/mol. The van der Waals surface area contributed by atoms with Gasteiger partial charge in [0, 0.05) is 0 Å². The SMILES string of the molecule is CCCOc1ccc2ccccc2c1-c1noc(CCl)n1. The first-order valence-corrected chi connectivity index (χ1v) is 7.40. The van der Waals surface area contributed by atoms with E-state index in [1.165, 1.54) is 0 Å². The highest BCUT2D eigenvalue weighted by Crippen LogP contribution is 2.35. The zero-order valence-electron chi connectivity index (χ0n) is 11.7. The van der Waals surface area contributed by atoms with Crippen molar-refractivity contribution < 1.29 is 9.26 Å². The summed E-state index contributed by atoms with van der Waals surface area (Å²) in [7, 11) is 0. The number of benzene rings is 2. The van der Waals surface area contributed by atoms with E-state index in [2.05, 4.69) is 17.1 Å². The molecule has 4 nitrogen and oxygen atoms in total. The molecule has 0 radical (unpaired) electrons. The van der Waals surface area contributed by atoms with Crippen LogP contribution < -0.4 is 4.74 Å². The number of aromatic nitrogens is 2. The van der Waals surface area contributed by atoms with Gasteiger partial charge in [-0.15, -0.1) is 11.6 Å². The summed E-state index contributed by atoms with van der Waals surface area (Å²) in [6, 6.07) is 12.0. The first-order valence-electron chi connectivity index (χ1n) is 6.87. The fourth-order valence-corrected chi connectivity index (χ4v) is 2.33. The lowest BCUT2D eigenvalue weighted by molar-refractivity contribution is 0.318. The lowest BCUT2D eigenvalue weighted by Crippen LogP contribution is -1.98. The Morgan fingerprint density at radius 2 is 2.05 bits per heavy atom. The van der Waals surface area contributed by atoms with Gasteiger partial charge in [-0.3, -0.25) is 0 Å². The Bertz CT molecular complexity index is 755.